The predicted molar refractivity (Wildman–Crippen MR) is 120 cm³/mol. The smallest absolute Gasteiger partial charge is 0.265 e. The Bertz CT molecular complexity index is 1150. The molecule has 156 valence electrons. The summed E-state index contributed by atoms with van der Waals surface area (Å²) in [5.74, 6) is 0.476. The van der Waals surface area contributed by atoms with Gasteiger partial charge in [-0.15, -0.1) is 11.3 Å². The standard InChI is InChI=1S/C22H20N6O2S/c29-21(26-17-6-7-20(24-13-17)28-15-23-14-25-28)19-12-18(16-4-2-1-3-5-16)22(31-19)27-8-10-30-11-9-27/h1-7,12-15H,8-11H2,(H,26,29). The van der Waals surface area contributed by atoms with Gasteiger partial charge in [0, 0.05) is 18.7 Å². The van der Waals surface area contributed by atoms with Crippen LogP contribution in [-0.4, -0.2) is 52.0 Å². The average Bonchev–Trinajstić information content (AvgIpc) is 3.52. The molecule has 5 rings (SSSR count). The van der Waals surface area contributed by atoms with E-state index in [9.17, 15) is 4.79 Å². The Morgan fingerprint density at radius 1 is 1.10 bits per heavy atom. The molecular weight excluding hydrogens is 412 g/mol. The highest BCUT2D eigenvalue weighted by molar-refractivity contribution is 7.18. The number of anilines is 2. The van der Waals surface area contributed by atoms with Crippen LogP contribution in [0.5, 0.6) is 0 Å². The normalized spacial score (nSPS) is 13.9. The molecule has 1 N–H and O–H groups in total. The van der Waals surface area contributed by atoms with E-state index in [0.29, 0.717) is 29.6 Å². The summed E-state index contributed by atoms with van der Waals surface area (Å²) in [5.41, 5.74) is 2.78. The summed E-state index contributed by atoms with van der Waals surface area (Å²) in [4.78, 5) is 24.2. The van der Waals surface area contributed by atoms with Crippen molar-refractivity contribution < 1.29 is 9.53 Å². The van der Waals surface area contributed by atoms with E-state index < -0.39 is 0 Å². The van der Waals surface area contributed by atoms with Crippen molar-refractivity contribution in [3.05, 3.63) is 72.3 Å². The van der Waals surface area contributed by atoms with Gasteiger partial charge in [0.15, 0.2) is 5.82 Å². The lowest BCUT2D eigenvalue weighted by molar-refractivity contribution is 0.103. The molecular formula is C22H20N6O2S. The maximum atomic E-state index is 13.0. The number of morpholine rings is 1. The largest absolute Gasteiger partial charge is 0.378 e. The second-order valence-electron chi connectivity index (χ2n) is 6.99. The maximum absolute atomic E-state index is 13.0. The van der Waals surface area contributed by atoms with Gasteiger partial charge in [0.1, 0.15) is 12.7 Å². The zero-order chi connectivity index (χ0) is 21.0. The van der Waals surface area contributed by atoms with Gasteiger partial charge in [-0.2, -0.15) is 5.10 Å². The van der Waals surface area contributed by atoms with E-state index in [0.717, 1.165) is 29.2 Å². The Kier molecular flexibility index (Phi) is 5.42. The Hall–Kier alpha value is -3.56. The first-order valence-corrected chi connectivity index (χ1v) is 10.7. The van der Waals surface area contributed by atoms with Crippen molar-refractivity contribution in [2.45, 2.75) is 0 Å². The minimum atomic E-state index is -0.156. The van der Waals surface area contributed by atoms with Crippen LogP contribution in [0.3, 0.4) is 0 Å². The lowest BCUT2D eigenvalue weighted by atomic mass is 10.1. The van der Waals surface area contributed by atoms with Gasteiger partial charge in [-0.3, -0.25) is 4.79 Å². The number of benzene rings is 1. The number of carbonyl (C=O) groups is 1. The Balaban J connectivity index is 1.40. The SMILES string of the molecule is O=C(Nc1ccc(-n2cncn2)nc1)c1cc(-c2ccccc2)c(N2CCOCC2)s1. The first kappa shape index (κ1) is 19.4. The molecule has 1 saturated heterocycles. The minimum absolute atomic E-state index is 0.156. The van der Waals surface area contributed by atoms with Crippen LogP contribution in [0.4, 0.5) is 10.7 Å². The molecule has 0 atom stereocenters. The van der Waals surface area contributed by atoms with Crippen LogP contribution >= 0.6 is 11.3 Å². The van der Waals surface area contributed by atoms with Crippen molar-refractivity contribution in [1.82, 2.24) is 19.7 Å². The number of nitrogens with one attached hydrogen (secondary N) is 1. The molecule has 0 bridgehead atoms. The molecule has 1 amide bonds. The Morgan fingerprint density at radius 2 is 1.94 bits per heavy atom. The summed E-state index contributed by atoms with van der Waals surface area (Å²) in [7, 11) is 0. The molecule has 8 nitrogen and oxygen atoms in total. The van der Waals surface area contributed by atoms with Gasteiger partial charge in [0.25, 0.3) is 5.91 Å². The third-order valence-corrected chi connectivity index (χ3v) is 6.17. The first-order valence-electron chi connectivity index (χ1n) is 9.92. The van der Waals surface area contributed by atoms with Crippen LogP contribution in [0.15, 0.2) is 67.4 Å². The maximum Gasteiger partial charge on any atom is 0.265 e. The van der Waals surface area contributed by atoms with Gasteiger partial charge in [-0.05, 0) is 23.8 Å². The lowest BCUT2D eigenvalue weighted by Gasteiger charge is -2.28. The van der Waals surface area contributed by atoms with Gasteiger partial charge in [-0.1, -0.05) is 30.3 Å². The van der Waals surface area contributed by atoms with Crippen LogP contribution in [0.25, 0.3) is 16.9 Å². The first-order chi connectivity index (χ1) is 15.3. The van der Waals surface area contributed by atoms with E-state index >= 15 is 0 Å². The fraction of sp³-hybridized carbons (Fsp3) is 0.182. The highest BCUT2D eigenvalue weighted by Gasteiger charge is 2.22. The van der Waals surface area contributed by atoms with Gasteiger partial charge in [-0.25, -0.2) is 14.6 Å². The van der Waals surface area contributed by atoms with E-state index in [1.807, 2.05) is 24.3 Å². The molecule has 31 heavy (non-hydrogen) atoms. The Labute approximate surface area is 183 Å². The van der Waals surface area contributed by atoms with E-state index in [-0.39, 0.29) is 5.91 Å². The van der Waals surface area contributed by atoms with Crippen LogP contribution in [0, 0.1) is 0 Å². The molecule has 9 heteroatoms. The van der Waals surface area contributed by atoms with Crippen molar-refractivity contribution in [2.24, 2.45) is 0 Å². The molecule has 0 radical (unpaired) electrons. The number of nitrogens with zero attached hydrogens (tertiary/aromatic N) is 5. The number of carbonyl (C=O) groups excluding carboxylic acids is 1. The Morgan fingerprint density at radius 3 is 2.65 bits per heavy atom. The van der Waals surface area contributed by atoms with E-state index in [1.165, 1.54) is 17.7 Å². The van der Waals surface area contributed by atoms with Crippen molar-refractivity contribution >= 4 is 27.9 Å². The molecule has 1 aromatic carbocycles. The monoisotopic (exact) mass is 432 g/mol. The molecule has 4 heterocycles. The van der Waals surface area contributed by atoms with Gasteiger partial charge >= 0.3 is 0 Å². The summed E-state index contributed by atoms with van der Waals surface area (Å²) >= 11 is 1.50. The second kappa shape index (κ2) is 8.66. The van der Waals surface area contributed by atoms with Crippen molar-refractivity contribution in [1.29, 1.82) is 0 Å². The van der Waals surface area contributed by atoms with E-state index in [1.54, 1.807) is 29.3 Å². The van der Waals surface area contributed by atoms with Crippen molar-refractivity contribution in [3.8, 4) is 16.9 Å². The number of amides is 1. The second-order valence-corrected chi connectivity index (χ2v) is 8.02. The van der Waals surface area contributed by atoms with Crippen LogP contribution < -0.4 is 10.2 Å². The summed E-state index contributed by atoms with van der Waals surface area (Å²) in [6.07, 6.45) is 4.64. The number of ether oxygens (including phenoxy) is 1. The number of pyridine rings is 1. The lowest BCUT2D eigenvalue weighted by Crippen LogP contribution is -2.35. The number of aromatic nitrogens is 4. The molecule has 1 aliphatic heterocycles. The summed E-state index contributed by atoms with van der Waals surface area (Å²) < 4.78 is 7.06. The number of hydrogen-bond acceptors (Lipinski definition) is 7. The predicted octanol–water partition coefficient (Wildman–Crippen LogP) is 3.48. The average molecular weight is 433 g/mol. The number of hydrogen-bond donors (Lipinski definition) is 1. The van der Waals surface area contributed by atoms with Gasteiger partial charge < -0.3 is 15.0 Å². The highest BCUT2D eigenvalue weighted by Crippen LogP contribution is 2.39. The van der Waals surface area contributed by atoms with Gasteiger partial charge in [0.2, 0.25) is 0 Å². The minimum Gasteiger partial charge on any atom is -0.378 e. The topological polar surface area (TPSA) is 85.2 Å². The third-order valence-electron chi connectivity index (χ3n) is 4.98. The molecule has 1 fully saturated rings. The van der Waals surface area contributed by atoms with E-state index in [4.69, 9.17) is 4.74 Å². The fourth-order valence-corrected chi connectivity index (χ4v) is 4.56. The molecule has 1 aliphatic rings. The quantitative estimate of drug-likeness (QED) is 0.520. The highest BCUT2D eigenvalue weighted by atomic mass is 32.1. The van der Waals surface area contributed by atoms with E-state index in [2.05, 4.69) is 37.4 Å². The molecule has 3 aromatic heterocycles. The third kappa shape index (κ3) is 4.18. The number of rotatable bonds is 5. The molecule has 0 unspecified atom stereocenters. The van der Waals surface area contributed by atoms with Crippen LogP contribution in [0.1, 0.15) is 9.67 Å². The zero-order valence-corrected chi connectivity index (χ0v) is 17.5. The number of thiophene rings is 1. The fourth-order valence-electron chi connectivity index (χ4n) is 3.43. The molecule has 0 saturated carbocycles. The van der Waals surface area contributed by atoms with Crippen LogP contribution in [0.2, 0.25) is 0 Å². The molecule has 0 aliphatic carbocycles. The van der Waals surface area contributed by atoms with Crippen molar-refractivity contribution in [2.75, 3.05) is 36.5 Å². The summed E-state index contributed by atoms with van der Waals surface area (Å²) in [6.45, 7) is 3.01. The summed E-state index contributed by atoms with van der Waals surface area (Å²) in [6, 6.07) is 15.7. The molecule has 4 aromatic rings. The van der Waals surface area contributed by atoms with Crippen LogP contribution in [-0.2, 0) is 4.74 Å². The molecule has 0 spiro atoms. The zero-order valence-electron chi connectivity index (χ0n) is 16.6. The van der Waals surface area contributed by atoms with Gasteiger partial charge in [0.05, 0.1) is 35.0 Å². The summed E-state index contributed by atoms with van der Waals surface area (Å²) in [5, 5.41) is 8.10. The van der Waals surface area contributed by atoms with Crippen molar-refractivity contribution in [3.63, 3.8) is 0 Å².